The summed E-state index contributed by atoms with van der Waals surface area (Å²) in [5.41, 5.74) is 0.529. The lowest BCUT2D eigenvalue weighted by molar-refractivity contribution is -0.118. The van der Waals surface area contributed by atoms with Crippen LogP contribution < -0.4 is 10.1 Å². The molecule has 1 aromatic heterocycles. The van der Waals surface area contributed by atoms with Crippen LogP contribution in [0.3, 0.4) is 0 Å². The van der Waals surface area contributed by atoms with Crippen LogP contribution in [0.25, 0.3) is 5.76 Å². The van der Waals surface area contributed by atoms with Crippen LogP contribution in [0.1, 0.15) is 16.7 Å². The Morgan fingerprint density at radius 1 is 1.03 bits per heavy atom. The van der Waals surface area contributed by atoms with Gasteiger partial charge in [0.2, 0.25) is 17.1 Å². The van der Waals surface area contributed by atoms with Gasteiger partial charge in [-0.3, -0.25) is 4.79 Å². The number of ether oxygens (including phenoxy) is 1. The third-order valence-electron chi connectivity index (χ3n) is 5.05. The lowest BCUT2D eigenvalue weighted by Gasteiger charge is -2.34. The first kappa shape index (κ1) is 17.7. The number of nitrogens with zero attached hydrogens (tertiary/aromatic N) is 3. The Balaban J connectivity index is 1.96. The number of nitrogens with one attached hydrogen (secondary N) is 1. The molecular weight excluding hydrogens is 411 g/mol. The molecule has 0 bridgehead atoms. The second kappa shape index (κ2) is 6.31. The number of fused-ring (bicyclic) bond motifs is 4. The monoisotopic (exact) mass is 420 g/mol. The number of aromatic nitrogens is 2. The highest BCUT2D eigenvalue weighted by Crippen LogP contribution is 2.56. The quantitative estimate of drug-likeness (QED) is 0.466. The average molecular weight is 421 g/mol. The standard InChI is InChI=1S/C21H10Cl2N4O2/c22-17-15-18(27-20(23)26-17)29-16(11-6-2-1-3-7-11)13(10-24)21(15)12-8-4-5-9-14(12)25-19(21)28/h1-9H,(H,25,28). The van der Waals surface area contributed by atoms with Crippen molar-refractivity contribution >= 4 is 40.6 Å². The summed E-state index contributed by atoms with van der Waals surface area (Å²) in [6, 6.07) is 18.3. The predicted molar refractivity (Wildman–Crippen MR) is 108 cm³/mol. The number of halogens is 2. The minimum absolute atomic E-state index is 0.0414. The Bertz CT molecular complexity index is 1270. The minimum Gasteiger partial charge on any atom is -0.437 e. The van der Waals surface area contributed by atoms with Gasteiger partial charge in [-0.2, -0.15) is 10.2 Å². The Kier molecular flexibility index (Phi) is 3.85. The van der Waals surface area contributed by atoms with E-state index < -0.39 is 11.3 Å². The van der Waals surface area contributed by atoms with Crippen molar-refractivity contribution in [1.29, 1.82) is 5.26 Å². The van der Waals surface area contributed by atoms with Crippen LogP contribution in [0.5, 0.6) is 5.88 Å². The van der Waals surface area contributed by atoms with Crippen LogP contribution in [-0.4, -0.2) is 15.9 Å². The van der Waals surface area contributed by atoms with Crippen LogP contribution in [0.15, 0.2) is 60.2 Å². The molecule has 2 aliphatic heterocycles. The molecular formula is C21H10Cl2N4O2. The molecule has 1 atom stereocenters. The number of para-hydroxylation sites is 1. The molecule has 0 fully saturated rings. The Morgan fingerprint density at radius 2 is 1.76 bits per heavy atom. The number of rotatable bonds is 1. The normalized spacial score (nSPS) is 19.3. The first-order chi connectivity index (χ1) is 14.1. The van der Waals surface area contributed by atoms with Crippen molar-refractivity contribution in [2.75, 3.05) is 5.32 Å². The average Bonchev–Trinajstić information content (AvgIpc) is 3.00. The minimum atomic E-state index is -1.55. The van der Waals surface area contributed by atoms with E-state index in [2.05, 4.69) is 21.4 Å². The summed E-state index contributed by atoms with van der Waals surface area (Å²) in [6.07, 6.45) is 0. The Morgan fingerprint density at radius 3 is 2.52 bits per heavy atom. The number of benzene rings is 2. The van der Waals surface area contributed by atoms with Gasteiger partial charge < -0.3 is 10.1 Å². The number of carbonyl (C=O) groups is 1. The molecule has 5 rings (SSSR count). The van der Waals surface area contributed by atoms with E-state index in [9.17, 15) is 10.1 Å². The second-order valence-corrected chi connectivity index (χ2v) is 7.19. The maximum Gasteiger partial charge on any atom is 0.245 e. The van der Waals surface area contributed by atoms with E-state index in [1.54, 1.807) is 36.4 Å². The third-order valence-corrected chi connectivity index (χ3v) is 5.49. The van der Waals surface area contributed by atoms with E-state index in [0.717, 1.165) is 0 Å². The van der Waals surface area contributed by atoms with Crippen molar-refractivity contribution in [3.8, 4) is 11.9 Å². The van der Waals surface area contributed by atoms with Gasteiger partial charge in [0.25, 0.3) is 0 Å². The molecule has 0 saturated carbocycles. The van der Waals surface area contributed by atoms with Crippen molar-refractivity contribution in [1.82, 2.24) is 9.97 Å². The van der Waals surface area contributed by atoms with E-state index >= 15 is 0 Å². The molecule has 140 valence electrons. The molecule has 1 unspecified atom stereocenters. The fourth-order valence-electron chi connectivity index (χ4n) is 3.90. The molecule has 3 heterocycles. The topological polar surface area (TPSA) is 87.9 Å². The number of nitriles is 1. The van der Waals surface area contributed by atoms with Gasteiger partial charge in [0.05, 0.1) is 11.1 Å². The second-order valence-electron chi connectivity index (χ2n) is 6.50. The summed E-state index contributed by atoms with van der Waals surface area (Å²) in [5.74, 6) is -0.168. The Labute approximate surface area is 175 Å². The first-order valence-corrected chi connectivity index (χ1v) is 9.35. The highest BCUT2D eigenvalue weighted by molar-refractivity contribution is 6.33. The predicted octanol–water partition coefficient (Wildman–Crippen LogP) is 4.35. The fraction of sp³-hybridized carbons (Fsp3) is 0.0476. The highest BCUT2D eigenvalue weighted by Gasteiger charge is 2.58. The van der Waals surface area contributed by atoms with Crippen molar-refractivity contribution in [2.24, 2.45) is 0 Å². The van der Waals surface area contributed by atoms with E-state index in [4.69, 9.17) is 27.9 Å². The molecule has 0 radical (unpaired) electrons. The molecule has 2 aliphatic rings. The van der Waals surface area contributed by atoms with Gasteiger partial charge in [0, 0.05) is 16.8 Å². The van der Waals surface area contributed by atoms with Gasteiger partial charge in [0.15, 0.2) is 5.76 Å². The molecule has 1 spiro atoms. The highest BCUT2D eigenvalue weighted by atomic mass is 35.5. The van der Waals surface area contributed by atoms with E-state index in [-0.39, 0.29) is 33.2 Å². The smallest absolute Gasteiger partial charge is 0.245 e. The lowest BCUT2D eigenvalue weighted by atomic mass is 9.69. The van der Waals surface area contributed by atoms with Gasteiger partial charge in [-0.15, -0.1) is 0 Å². The summed E-state index contributed by atoms with van der Waals surface area (Å²) >= 11 is 12.4. The molecule has 2 aromatic carbocycles. The maximum absolute atomic E-state index is 13.5. The number of amides is 1. The SMILES string of the molecule is N#CC1=C(c2ccccc2)Oc2nc(Cl)nc(Cl)c2C12C(=O)Nc1ccccc12. The molecule has 0 aliphatic carbocycles. The van der Waals surface area contributed by atoms with Crippen molar-refractivity contribution in [2.45, 2.75) is 5.41 Å². The van der Waals surface area contributed by atoms with Gasteiger partial charge in [-0.1, -0.05) is 60.1 Å². The maximum atomic E-state index is 13.5. The summed E-state index contributed by atoms with van der Waals surface area (Å²) < 4.78 is 5.99. The zero-order chi connectivity index (χ0) is 20.2. The summed E-state index contributed by atoms with van der Waals surface area (Å²) in [7, 11) is 0. The Hall–Kier alpha value is -3.40. The van der Waals surface area contributed by atoms with Crippen LogP contribution in [0.2, 0.25) is 10.4 Å². The van der Waals surface area contributed by atoms with Crippen LogP contribution in [0.4, 0.5) is 5.69 Å². The van der Waals surface area contributed by atoms with Crippen molar-refractivity contribution in [3.05, 3.63) is 87.3 Å². The zero-order valence-corrected chi connectivity index (χ0v) is 16.1. The lowest BCUT2D eigenvalue weighted by Crippen LogP contribution is -2.41. The number of hydrogen-bond acceptors (Lipinski definition) is 5. The molecule has 1 amide bonds. The molecule has 0 saturated heterocycles. The van der Waals surface area contributed by atoms with E-state index in [0.29, 0.717) is 16.8 Å². The largest absolute Gasteiger partial charge is 0.437 e. The van der Waals surface area contributed by atoms with Gasteiger partial charge in [-0.25, -0.2) is 4.98 Å². The van der Waals surface area contributed by atoms with E-state index in [1.165, 1.54) is 0 Å². The molecule has 3 aromatic rings. The van der Waals surface area contributed by atoms with Crippen LogP contribution in [0, 0.1) is 11.3 Å². The summed E-state index contributed by atoms with van der Waals surface area (Å²) in [6.45, 7) is 0. The first-order valence-electron chi connectivity index (χ1n) is 8.60. The molecule has 1 N–H and O–H groups in total. The summed E-state index contributed by atoms with van der Waals surface area (Å²) in [5, 5.41) is 12.9. The molecule has 29 heavy (non-hydrogen) atoms. The van der Waals surface area contributed by atoms with Gasteiger partial charge in [-0.05, 0) is 17.7 Å². The third kappa shape index (κ3) is 2.32. The fourth-order valence-corrected chi connectivity index (χ4v) is 4.41. The van der Waals surface area contributed by atoms with Gasteiger partial charge >= 0.3 is 0 Å². The van der Waals surface area contributed by atoms with Gasteiger partial charge in [0.1, 0.15) is 16.6 Å². The zero-order valence-electron chi connectivity index (χ0n) is 14.6. The van der Waals surface area contributed by atoms with Crippen LogP contribution >= 0.6 is 23.2 Å². The number of anilines is 1. The van der Waals surface area contributed by atoms with Crippen LogP contribution in [-0.2, 0) is 10.2 Å². The van der Waals surface area contributed by atoms with Crippen molar-refractivity contribution in [3.63, 3.8) is 0 Å². The molecule has 6 nitrogen and oxygen atoms in total. The number of carbonyl (C=O) groups excluding carboxylic acids is 1. The molecule has 8 heteroatoms. The van der Waals surface area contributed by atoms with Crippen molar-refractivity contribution < 1.29 is 9.53 Å². The summed E-state index contributed by atoms with van der Waals surface area (Å²) in [4.78, 5) is 21.6. The number of hydrogen-bond donors (Lipinski definition) is 1. The van der Waals surface area contributed by atoms with E-state index in [1.807, 2.05) is 18.2 Å².